The second-order valence-corrected chi connectivity index (χ2v) is 6.65. The van der Waals surface area contributed by atoms with Crippen LogP contribution in [0.4, 0.5) is 5.69 Å². The van der Waals surface area contributed by atoms with Crippen molar-refractivity contribution >= 4 is 17.7 Å². The molecule has 3 nitrogen and oxygen atoms in total. The lowest BCUT2D eigenvalue weighted by atomic mass is 9.87. The largest absolute Gasteiger partial charge is 0.494 e. The molecule has 1 N–H and O–H groups in total. The van der Waals surface area contributed by atoms with Gasteiger partial charge in [-0.2, -0.15) is 0 Å². The van der Waals surface area contributed by atoms with E-state index in [0.29, 0.717) is 6.61 Å². The van der Waals surface area contributed by atoms with Crippen molar-refractivity contribution in [3.63, 3.8) is 0 Å². The molecule has 126 valence electrons. The summed E-state index contributed by atoms with van der Waals surface area (Å²) >= 11 is 0. The maximum Gasteiger partial charge on any atom is 0.248 e. The molecule has 2 aromatic carbocycles. The van der Waals surface area contributed by atoms with Crippen LogP contribution in [0.3, 0.4) is 0 Å². The van der Waals surface area contributed by atoms with Gasteiger partial charge in [0.05, 0.1) is 6.61 Å². The van der Waals surface area contributed by atoms with Crippen molar-refractivity contribution in [1.82, 2.24) is 0 Å². The highest BCUT2D eigenvalue weighted by Gasteiger charge is 2.12. The molecule has 2 rings (SSSR count). The quantitative estimate of drug-likeness (QED) is 0.783. The molecule has 0 saturated heterocycles. The molecule has 0 bridgehead atoms. The maximum atomic E-state index is 12.0. The van der Waals surface area contributed by atoms with Crippen LogP contribution in [0, 0.1) is 0 Å². The van der Waals surface area contributed by atoms with E-state index >= 15 is 0 Å². The average Bonchev–Trinajstić information content (AvgIpc) is 2.55. The maximum absolute atomic E-state index is 12.0. The topological polar surface area (TPSA) is 38.3 Å². The summed E-state index contributed by atoms with van der Waals surface area (Å²) in [6, 6.07) is 15.6. The van der Waals surface area contributed by atoms with E-state index in [9.17, 15) is 4.79 Å². The molecule has 0 heterocycles. The molecule has 0 aliphatic heterocycles. The van der Waals surface area contributed by atoms with Crippen molar-refractivity contribution in [2.45, 2.75) is 33.1 Å². The van der Waals surface area contributed by atoms with E-state index in [1.807, 2.05) is 49.4 Å². The Morgan fingerprint density at radius 1 is 1.04 bits per heavy atom. The molecule has 0 atom stereocenters. The smallest absolute Gasteiger partial charge is 0.248 e. The number of hydrogen-bond donors (Lipinski definition) is 1. The molecule has 0 aromatic heterocycles. The van der Waals surface area contributed by atoms with Crippen molar-refractivity contribution in [2.24, 2.45) is 0 Å². The molecule has 0 aliphatic carbocycles. The van der Waals surface area contributed by atoms with Gasteiger partial charge in [0.2, 0.25) is 5.91 Å². The van der Waals surface area contributed by atoms with Gasteiger partial charge in [0.15, 0.2) is 0 Å². The fourth-order valence-electron chi connectivity index (χ4n) is 2.25. The molecule has 0 fully saturated rings. The molecule has 0 saturated carbocycles. The summed E-state index contributed by atoms with van der Waals surface area (Å²) in [5, 5.41) is 2.84. The standard InChI is InChI=1S/C21H25NO2/c1-5-24-19-13-11-18(12-14-19)22-20(23)15-8-16-6-9-17(10-7-16)21(2,3)4/h6-15H,5H2,1-4H3,(H,22,23)/b15-8-. The van der Waals surface area contributed by atoms with Crippen LogP contribution in [-0.2, 0) is 10.2 Å². The first-order chi connectivity index (χ1) is 11.4. The van der Waals surface area contributed by atoms with Gasteiger partial charge in [0, 0.05) is 11.8 Å². The predicted molar refractivity (Wildman–Crippen MR) is 100 cm³/mol. The van der Waals surface area contributed by atoms with E-state index in [0.717, 1.165) is 17.0 Å². The SMILES string of the molecule is CCOc1ccc(NC(=O)/C=C\c2ccc(C(C)(C)C)cc2)cc1. The minimum atomic E-state index is -0.154. The first-order valence-electron chi connectivity index (χ1n) is 8.21. The average molecular weight is 323 g/mol. The van der Waals surface area contributed by atoms with Crippen LogP contribution in [0.5, 0.6) is 5.75 Å². The van der Waals surface area contributed by atoms with Crippen LogP contribution in [0.1, 0.15) is 38.8 Å². The third-order valence-electron chi connectivity index (χ3n) is 3.64. The number of rotatable bonds is 5. The zero-order valence-electron chi connectivity index (χ0n) is 14.8. The fourth-order valence-corrected chi connectivity index (χ4v) is 2.25. The second kappa shape index (κ2) is 7.82. The van der Waals surface area contributed by atoms with Gasteiger partial charge in [-0.1, -0.05) is 45.0 Å². The summed E-state index contributed by atoms with van der Waals surface area (Å²) in [7, 11) is 0. The van der Waals surface area contributed by atoms with Gasteiger partial charge < -0.3 is 10.1 Å². The highest BCUT2D eigenvalue weighted by molar-refractivity contribution is 6.01. The number of carbonyl (C=O) groups excluding carboxylic acids is 1. The predicted octanol–water partition coefficient (Wildman–Crippen LogP) is 5.03. The lowest BCUT2D eigenvalue weighted by Crippen LogP contribution is -2.10. The Morgan fingerprint density at radius 3 is 2.21 bits per heavy atom. The highest BCUT2D eigenvalue weighted by atomic mass is 16.5. The van der Waals surface area contributed by atoms with Crippen molar-refractivity contribution in [2.75, 3.05) is 11.9 Å². The van der Waals surface area contributed by atoms with Crippen LogP contribution in [0.25, 0.3) is 6.08 Å². The third-order valence-corrected chi connectivity index (χ3v) is 3.64. The van der Waals surface area contributed by atoms with Crippen molar-refractivity contribution in [3.05, 3.63) is 65.7 Å². The number of anilines is 1. The number of hydrogen-bond acceptors (Lipinski definition) is 2. The minimum absolute atomic E-state index is 0.132. The van der Waals surface area contributed by atoms with E-state index in [4.69, 9.17) is 4.74 Å². The fraction of sp³-hybridized carbons (Fsp3) is 0.286. The van der Waals surface area contributed by atoms with Gasteiger partial charge in [0.1, 0.15) is 5.75 Å². The van der Waals surface area contributed by atoms with Gasteiger partial charge in [-0.25, -0.2) is 0 Å². The number of ether oxygens (including phenoxy) is 1. The summed E-state index contributed by atoms with van der Waals surface area (Å²) in [6.07, 6.45) is 3.36. The Bertz CT molecular complexity index is 692. The van der Waals surface area contributed by atoms with Crippen molar-refractivity contribution in [1.29, 1.82) is 0 Å². The molecule has 0 spiro atoms. The molecule has 3 heteroatoms. The van der Waals surface area contributed by atoms with Gasteiger partial charge in [0.25, 0.3) is 0 Å². The van der Waals surface area contributed by atoms with E-state index in [2.05, 4.69) is 38.2 Å². The van der Waals surface area contributed by atoms with Crippen molar-refractivity contribution < 1.29 is 9.53 Å². The Hall–Kier alpha value is -2.55. The normalized spacial score (nSPS) is 11.5. The number of benzene rings is 2. The van der Waals surface area contributed by atoms with Crippen LogP contribution in [0.2, 0.25) is 0 Å². The Morgan fingerprint density at radius 2 is 1.67 bits per heavy atom. The number of carbonyl (C=O) groups is 1. The molecular formula is C21H25NO2. The van der Waals surface area contributed by atoms with E-state index in [1.165, 1.54) is 5.56 Å². The highest BCUT2D eigenvalue weighted by Crippen LogP contribution is 2.22. The molecule has 0 radical (unpaired) electrons. The summed E-state index contributed by atoms with van der Waals surface area (Å²) in [5.41, 5.74) is 3.16. The summed E-state index contributed by atoms with van der Waals surface area (Å²) < 4.78 is 5.38. The lowest BCUT2D eigenvalue weighted by Gasteiger charge is -2.18. The number of nitrogens with one attached hydrogen (secondary N) is 1. The minimum Gasteiger partial charge on any atom is -0.494 e. The first-order valence-corrected chi connectivity index (χ1v) is 8.21. The molecule has 0 aliphatic rings. The molecule has 1 amide bonds. The van der Waals surface area contributed by atoms with Gasteiger partial charge >= 0.3 is 0 Å². The van der Waals surface area contributed by atoms with E-state index in [1.54, 1.807) is 6.08 Å². The zero-order valence-corrected chi connectivity index (χ0v) is 14.8. The zero-order chi connectivity index (χ0) is 17.6. The molecule has 0 unspecified atom stereocenters. The van der Waals surface area contributed by atoms with Crippen LogP contribution in [0.15, 0.2) is 54.6 Å². The third kappa shape index (κ3) is 5.27. The van der Waals surface area contributed by atoms with Crippen LogP contribution < -0.4 is 10.1 Å². The number of amides is 1. The summed E-state index contributed by atoms with van der Waals surface area (Å²) in [5.74, 6) is 0.643. The van der Waals surface area contributed by atoms with Crippen molar-refractivity contribution in [3.8, 4) is 5.75 Å². The van der Waals surface area contributed by atoms with E-state index in [-0.39, 0.29) is 11.3 Å². The van der Waals surface area contributed by atoms with Crippen LogP contribution in [-0.4, -0.2) is 12.5 Å². The Labute approximate surface area is 144 Å². The second-order valence-electron chi connectivity index (χ2n) is 6.65. The van der Waals surface area contributed by atoms with Gasteiger partial charge in [-0.05, 0) is 53.8 Å². The molecule has 2 aromatic rings. The first kappa shape index (κ1) is 17.8. The Balaban J connectivity index is 1.95. The van der Waals surface area contributed by atoms with Gasteiger partial charge in [-0.15, -0.1) is 0 Å². The molecular weight excluding hydrogens is 298 g/mol. The molecule has 24 heavy (non-hydrogen) atoms. The Kier molecular flexibility index (Phi) is 5.80. The van der Waals surface area contributed by atoms with Gasteiger partial charge in [-0.3, -0.25) is 4.79 Å². The monoisotopic (exact) mass is 323 g/mol. The summed E-state index contributed by atoms with van der Waals surface area (Å²) in [4.78, 5) is 12.0. The lowest BCUT2D eigenvalue weighted by molar-refractivity contribution is -0.111. The summed E-state index contributed by atoms with van der Waals surface area (Å²) in [6.45, 7) is 9.11. The van der Waals surface area contributed by atoms with Crippen LogP contribution >= 0.6 is 0 Å². The van der Waals surface area contributed by atoms with E-state index < -0.39 is 0 Å².